The summed E-state index contributed by atoms with van der Waals surface area (Å²) in [7, 11) is 4.39. The fourth-order valence-corrected chi connectivity index (χ4v) is 2.30. The van der Waals surface area contributed by atoms with Crippen molar-refractivity contribution in [1.29, 1.82) is 0 Å². The molecule has 0 N–H and O–H groups in total. The molecule has 3 heteroatoms. The molecule has 21 heavy (non-hydrogen) atoms. The van der Waals surface area contributed by atoms with E-state index in [9.17, 15) is 0 Å². The van der Waals surface area contributed by atoms with Crippen molar-refractivity contribution < 1.29 is 0 Å². The second-order valence-electron chi connectivity index (χ2n) is 5.72. The first-order valence-corrected chi connectivity index (χ1v) is 9.21. The quantitative estimate of drug-likeness (QED) is 0.732. The van der Waals surface area contributed by atoms with Gasteiger partial charge in [-0.3, -0.25) is 0 Å². The van der Waals surface area contributed by atoms with Gasteiger partial charge in [0, 0.05) is 26.2 Å². The van der Waals surface area contributed by atoms with Crippen molar-refractivity contribution in [3.63, 3.8) is 0 Å². The zero-order valence-electron chi connectivity index (χ0n) is 16.3. The van der Waals surface area contributed by atoms with Gasteiger partial charge in [-0.15, -0.1) is 0 Å². The van der Waals surface area contributed by atoms with Crippen molar-refractivity contribution in [2.45, 2.75) is 54.4 Å². The summed E-state index contributed by atoms with van der Waals surface area (Å²) in [5.74, 6) is 0.978. The van der Waals surface area contributed by atoms with Crippen LogP contribution in [-0.4, -0.2) is 74.6 Å². The topological polar surface area (TPSA) is 9.72 Å². The summed E-state index contributed by atoms with van der Waals surface area (Å²) < 4.78 is 0. The molecular formula is C18H43N3. The Morgan fingerprint density at radius 1 is 0.714 bits per heavy atom. The minimum Gasteiger partial charge on any atom is -0.306 e. The predicted octanol–water partition coefficient (Wildman–Crippen LogP) is 3.65. The van der Waals surface area contributed by atoms with Gasteiger partial charge in [0.15, 0.2) is 0 Å². The van der Waals surface area contributed by atoms with Crippen molar-refractivity contribution in [2.24, 2.45) is 5.92 Å². The molecule has 0 aromatic heterocycles. The molecule has 0 unspecified atom stereocenters. The van der Waals surface area contributed by atoms with Crippen LogP contribution in [0.25, 0.3) is 0 Å². The monoisotopic (exact) mass is 301 g/mol. The third kappa shape index (κ3) is 13.3. The van der Waals surface area contributed by atoms with Crippen molar-refractivity contribution in [1.82, 2.24) is 14.7 Å². The van der Waals surface area contributed by atoms with Crippen LogP contribution in [0.5, 0.6) is 0 Å². The lowest BCUT2D eigenvalue weighted by atomic mass is 10.00. The lowest BCUT2D eigenvalue weighted by Gasteiger charge is -2.31. The number of likely N-dealkylation sites (tertiary alicyclic amines) is 1. The second kappa shape index (κ2) is 16.3. The second-order valence-corrected chi connectivity index (χ2v) is 5.72. The highest BCUT2D eigenvalue weighted by atomic mass is 15.2. The predicted molar refractivity (Wildman–Crippen MR) is 98.2 cm³/mol. The van der Waals surface area contributed by atoms with Crippen LogP contribution in [0.1, 0.15) is 54.4 Å². The smallest absolute Gasteiger partial charge is 0.0110 e. The first-order valence-electron chi connectivity index (χ1n) is 9.21. The maximum absolute atomic E-state index is 2.49. The fraction of sp³-hybridized carbons (Fsp3) is 1.00. The van der Waals surface area contributed by atoms with E-state index in [0.29, 0.717) is 0 Å². The molecule has 2 aliphatic rings. The third-order valence-electron chi connectivity index (χ3n) is 4.05. The maximum atomic E-state index is 2.49. The van der Waals surface area contributed by atoms with Crippen molar-refractivity contribution >= 4 is 0 Å². The SMILES string of the molecule is CC.CC.CC1CCN(C)CC1.CCN1CCN(C)CC1. The molecule has 3 nitrogen and oxygen atoms in total. The zero-order valence-corrected chi connectivity index (χ0v) is 16.3. The number of piperidine rings is 1. The molecule has 130 valence electrons. The molecule has 2 aliphatic heterocycles. The molecule has 0 amide bonds. The molecule has 2 fully saturated rings. The molecule has 0 aromatic rings. The first-order chi connectivity index (χ1) is 10.1. The Bertz CT molecular complexity index is 171. The van der Waals surface area contributed by atoms with E-state index in [1.165, 1.54) is 58.7 Å². The standard InChI is InChI=1S/C7H16N2.C7H15N.2C2H6/c1-3-9-6-4-8(2)5-7-9;1-7-3-5-8(2)6-4-7;2*1-2/h3-7H2,1-2H3;7H,3-6H2,1-2H3;2*1-2H3. The molecule has 0 bridgehead atoms. The minimum atomic E-state index is 0.978. The Morgan fingerprint density at radius 2 is 1.10 bits per heavy atom. The van der Waals surface area contributed by atoms with E-state index in [1.807, 2.05) is 27.7 Å². The molecule has 0 radical (unpaired) electrons. The van der Waals surface area contributed by atoms with Crippen LogP contribution in [0.4, 0.5) is 0 Å². The Kier molecular flexibility index (Phi) is 17.9. The number of rotatable bonds is 1. The number of likely N-dealkylation sites (N-methyl/N-ethyl adjacent to an activating group) is 2. The number of hydrogen-bond acceptors (Lipinski definition) is 3. The van der Waals surface area contributed by atoms with E-state index in [4.69, 9.17) is 0 Å². The number of piperazine rings is 1. The van der Waals surface area contributed by atoms with Gasteiger partial charge in [0.25, 0.3) is 0 Å². The molecule has 0 aromatic carbocycles. The van der Waals surface area contributed by atoms with Crippen LogP contribution in [-0.2, 0) is 0 Å². The summed E-state index contributed by atoms with van der Waals surface area (Å²) in [6.45, 7) is 21.4. The molecule has 2 rings (SSSR count). The van der Waals surface area contributed by atoms with E-state index < -0.39 is 0 Å². The highest BCUT2D eigenvalue weighted by Crippen LogP contribution is 2.13. The van der Waals surface area contributed by atoms with E-state index in [1.54, 1.807) is 0 Å². The van der Waals surface area contributed by atoms with Gasteiger partial charge < -0.3 is 14.7 Å². The Hall–Kier alpha value is -0.120. The highest BCUT2D eigenvalue weighted by molar-refractivity contribution is 4.67. The van der Waals surface area contributed by atoms with Crippen LogP contribution in [0.2, 0.25) is 0 Å². The van der Waals surface area contributed by atoms with Gasteiger partial charge >= 0.3 is 0 Å². The summed E-state index contributed by atoms with van der Waals surface area (Å²) in [6, 6.07) is 0. The number of nitrogens with zero attached hydrogens (tertiary/aromatic N) is 3. The maximum Gasteiger partial charge on any atom is 0.0110 e. The van der Waals surface area contributed by atoms with Crippen LogP contribution < -0.4 is 0 Å². The fourth-order valence-electron chi connectivity index (χ4n) is 2.30. The lowest BCUT2D eigenvalue weighted by Crippen LogP contribution is -2.44. The molecule has 2 heterocycles. The Morgan fingerprint density at radius 3 is 1.43 bits per heavy atom. The van der Waals surface area contributed by atoms with Crippen LogP contribution in [0.15, 0.2) is 0 Å². The highest BCUT2D eigenvalue weighted by Gasteiger charge is 2.11. The Labute approximate surface area is 135 Å². The van der Waals surface area contributed by atoms with Crippen LogP contribution in [0.3, 0.4) is 0 Å². The van der Waals surface area contributed by atoms with Gasteiger partial charge in [-0.05, 0) is 52.5 Å². The average molecular weight is 302 g/mol. The minimum absolute atomic E-state index is 0.978. The molecular weight excluding hydrogens is 258 g/mol. The van der Waals surface area contributed by atoms with Crippen LogP contribution in [0, 0.1) is 5.92 Å². The summed E-state index contributed by atoms with van der Waals surface area (Å²) in [5, 5.41) is 0. The summed E-state index contributed by atoms with van der Waals surface area (Å²) >= 11 is 0. The largest absolute Gasteiger partial charge is 0.306 e. The Balaban J connectivity index is 0. The molecule has 0 saturated carbocycles. The van der Waals surface area contributed by atoms with Crippen molar-refractivity contribution in [3.8, 4) is 0 Å². The molecule has 2 saturated heterocycles. The third-order valence-corrected chi connectivity index (χ3v) is 4.05. The van der Waals surface area contributed by atoms with Gasteiger partial charge in [0.2, 0.25) is 0 Å². The van der Waals surface area contributed by atoms with Crippen LogP contribution >= 0.6 is 0 Å². The van der Waals surface area contributed by atoms with Crippen molar-refractivity contribution in [2.75, 3.05) is 59.9 Å². The summed E-state index contributed by atoms with van der Waals surface area (Å²) in [5.41, 5.74) is 0. The van der Waals surface area contributed by atoms with Gasteiger partial charge in [0.05, 0.1) is 0 Å². The average Bonchev–Trinajstić information content (AvgIpc) is 2.55. The van der Waals surface area contributed by atoms with Gasteiger partial charge in [0.1, 0.15) is 0 Å². The van der Waals surface area contributed by atoms with E-state index in [0.717, 1.165) is 5.92 Å². The normalized spacial score (nSPS) is 21.1. The molecule has 0 aliphatic carbocycles. The lowest BCUT2D eigenvalue weighted by molar-refractivity contribution is 0.160. The van der Waals surface area contributed by atoms with Crippen molar-refractivity contribution in [3.05, 3.63) is 0 Å². The van der Waals surface area contributed by atoms with Gasteiger partial charge in [-0.2, -0.15) is 0 Å². The zero-order chi connectivity index (χ0) is 16.7. The first kappa shape index (κ1) is 23.2. The number of hydrogen-bond donors (Lipinski definition) is 0. The summed E-state index contributed by atoms with van der Waals surface area (Å²) in [4.78, 5) is 7.27. The molecule has 0 spiro atoms. The van der Waals surface area contributed by atoms with Gasteiger partial charge in [-0.25, -0.2) is 0 Å². The molecule has 0 atom stereocenters. The van der Waals surface area contributed by atoms with Gasteiger partial charge in [-0.1, -0.05) is 41.5 Å². The van der Waals surface area contributed by atoms with E-state index in [-0.39, 0.29) is 0 Å². The summed E-state index contributed by atoms with van der Waals surface area (Å²) in [6.07, 6.45) is 2.80. The van der Waals surface area contributed by atoms with E-state index >= 15 is 0 Å². The van der Waals surface area contributed by atoms with E-state index in [2.05, 4.69) is 42.6 Å².